The van der Waals surface area contributed by atoms with Crippen LogP contribution in [0.4, 0.5) is 0 Å². The molecule has 1 fully saturated rings. The van der Waals surface area contributed by atoms with E-state index in [4.69, 9.17) is 23.2 Å². The lowest BCUT2D eigenvalue weighted by molar-refractivity contribution is 0.0459. The van der Waals surface area contributed by atoms with E-state index >= 15 is 0 Å². The van der Waals surface area contributed by atoms with Crippen molar-refractivity contribution in [2.45, 2.75) is 18.9 Å². The van der Waals surface area contributed by atoms with Gasteiger partial charge in [-0.2, -0.15) is 0 Å². The Labute approximate surface area is 145 Å². The number of aromatic amines is 1. The van der Waals surface area contributed by atoms with E-state index in [1.165, 1.54) is 0 Å². The van der Waals surface area contributed by atoms with E-state index in [-0.39, 0.29) is 17.0 Å². The number of likely N-dealkylation sites (tertiary alicyclic amines) is 1. The number of hydrogen-bond acceptors (Lipinski definition) is 2. The van der Waals surface area contributed by atoms with Crippen LogP contribution in [-0.2, 0) is 0 Å². The van der Waals surface area contributed by atoms with Crippen LogP contribution >= 0.6 is 23.2 Å². The fraction of sp³-hybridized carbons (Fsp3) is 0.353. The molecule has 0 bridgehead atoms. The first-order chi connectivity index (χ1) is 11.1. The van der Waals surface area contributed by atoms with Gasteiger partial charge in [0.15, 0.2) is 0 Å². The minimum atomic E-state index is -0.483. The third-order valence-corrected chi connectivity index (χ3v) is 5.06. The maximum atomic E-state index is 12.4. The molecule has 3 rings (SSSR count). The molecule has 1 amide bonds. The second kappa shape index (κ2) is 6.95. The van der Waals surface area contributed by atoms with E-state index in [2.05, 4.69) is 4.98 Å². The molecule has 1 aromatic carbocycles. The molecule has 1 aliphatic heterocycles. The lowest BCUT2D eigenvalue weighted by Crippen LogP contribution is -2.39. The predicted molar refractivity (Wildman–Crippen MR) is 90.8 cm³/mol. The first kappa shape index (κ1) is 16.4. The monoisotopic (exact) mass is 352 g/mol. The van der Waals surface area contributed by atoms with E-state index in [0.717, 1.165) is 18.4 Å². The second-order valence-corrected chi connectivity index (χ2v) is 6.62. The molecule has 122 valence electrons. The normalized spacial score (nSPS) is 17.3. The van der Waals surface area contributed by atoms with Crippen LogP contribution in [0.5, 0.6) is 0 Å². The van der Waals surface area contributed by atoms with Gasteiger partial charge in [0.2, 0.25) is 0 Å². The lowest BCUT2D eigenvalue weighted by Gasteiger charge is -2.34. The summed E-state index contributed by atoms with van der Waals surface area (Å²) in [5.41, 5.74) is 1.34. The SMILES string of the molecule is O=C(c1cc(Cl)c(Cl)[nH]1)N1CCC(C(O)c2ccccc2)CC1. The summed E-state index contributed by atoms with van der Waals surface area (Å²) in [6.07, 6.45) is 1.05. The molecule has 1 unspecified atom stereocenters. The van der Waals surface area contributed by atoms with Crippen LogP contribution in [0, 0.1) is 5.92 Å². The van der Waals surface area contributed by atoms with E-state index in [1.54, 1.807) is 11.0 Å². The zero-order valence-corrected chi connectivity index (χ0v) is 14.0. The number of carbonyl (C=O) groups is 1. The molecule has 0 radical (unpaired) electrons. The van der Waals surface area contributed by atoms with Crippen molar-refractivity contribution in [3.05, 3.63) is 57.8 Å². The van der Waals surface area contributed by atoms with E-state index < -0.39 is 6.10 Å². The lowest BCUT2D eigenvalue weighted by atomic mass is 9.87. The smallest absolute Gasteiger partial charge is 0.270 e. The van der Waals surface area contributed by atoms with Gasteiger partial charge in [-0.3, -0.25) is 4.79 Å². The largest absolute Gasteiger partial charge is 0.388 e. The summed E-state index contributed by atoms with van der Waals surface area (Å²) >= 11 is 11.7. The molecule has 1 aliphatic rings. The summed E-state index contributed by atoms with van der Waals surface area (Å²) in [5, 5.41) is 11.1. The van der Waals surface area contributed by atoms with Crippen molar-refractivity contribution in [1.82, 2.24) is 9.88 Å². The highest BCUT2D eigenvalue weighted by Crippen LogP contribution is 2.31. The molecule has 1 atom stereocenters. The van der Waals surface area contributed by atoms with Crippen molar-refractivity contribution in [3.63, 3.8) is 0 Å². The Morgan fingerprint density at radius 2 is 1.87 bits per heavy atom. The summed E-state index contributed by atoms with van der Waals surface area (Å²) in [5.74, 6) is 0.0590. The number of aliphatic hydroxyl groups is 1. The zero-order chi connectivity index (χ0) is 16.4. The van der Waals surface area contributed by atoms with Crippen molar-refractivity contribution >= 4 is 29.1 Å². The number of nitrogens with one attached hydrogen (secondary N) is 1. The van der Waals surface area contributed by atoms with Gasteiger partial charge >= 0.3 is 0 Å². The molecule has 1 saturated heterocycles. The average Bonchev–Trinajstić information content (AvgIpc) is 2.93. The topological polar surface area (TPSA) is 56.3 Å². The molecule has 0 spiro atoms. The first-order valence-electron chi connectivity index (χ1n) is 7.62. The number of aromatic nitrogens is 1. The second-order valence-electron chi connectivity index (χ2n) is 5.83. The van der Waals surface area contributed by atoms with Crippen LogP contribution in [0.3, 0.4) is 0 Å². The number of carbonyl (C=O) groups excluding carboxylic acids is 1. The number of aliphatic hydroxyl groups excluding tert-OH is 1. The third kappa shape index (κ3) is 3.55. The van der Waals surface area contributed by atoms with Crippen LogP contribution < -0.4 is 0 Å². The van der Waals surface area contributed by atoms with Gasteiger partial charge in [-0.25, -0.2) is 0 Å². The van der Waals surface area contributed by atoms with Crippen LogP contribution in [0.15, 0.2) is 36.4 Å². The summed E-state index contributed by atoms with van der Waals surface area (Å²) in [6.45, 7) is 1.23. The quantitative estimate of drug-likeness (QED) is 0.879. The van der Waals surface area contributed by atoms with Crippen molar-refractivity contribution < 1.29 is 9.90 Å². The van der Waals surface area contributed by atoms with Gasteiger partial charge in [-0.15, -0.1) is 0 Å². The number of nitrogens with zero attached hydrogens (tertiary/aromatic N) is 1. The molecule has 2 aromatic rings. The fourth-order valence-corrected chi connectivity index (χ4v) is 3.34. The minimum absolute atomic E-state index is 0.105. The molecule has 0 aliphatic carbocycles. The molecular weight excluding hydrogens is 335 g/mol. The predicted octanol–water partition coefficient (Wildman–Crippen LogP) is 3.91. The Bertz CT molecular complexity index is 660. The maximum Gasteiger partial charge on any atom is 0.270 e. The van der Waals surface area contributed by atoms with E-state index in [0.29, 0.717) is 23.8 Å². The Morgan fingerprint density at radius 1 is 1.22 bits per heavy atom. The van der Waals surface area contributed by atoms with Crippen LogP contribution in [0.1, 0.15) is 35.0 Å². The number of rotatable bonds is 3. The highest BCUT2D eigenvalue weighted by molar-refractivity contribution is 6.41. The highest BCUT2D eigenvalue weighted by atomic mass is 35.5. The van der Waals surface area contributed by atoms with Gasteiger partial charge in [0, 0.05) is 13.1 Å². The summed E-state index contributed by atoms with van der Waals surface area (Å²) < 4.78 is 0. The van der Waals surface area contributed by atoms with Gasteiger partial charge in [-0.05, 0) is 30.4 Å². The number of hydrogen-bond donors (Lipinski definition) is 2. The number of amides is 1. The molecule has 23 heavy (non-hydrogen) atoms. The Balaban J connectivity index is 1.61. The van der Waals surface area contributed by atoms with Crippen LogP contribution in [0.25, 0.3) is 0 Å². The summed E-state index contributed by atoms with van der Waals surface area (Å²) in [6, 6.07) is 11.2. The molecule has 6 heteroatoms. The average molecular weight is 353 g/mol. The minimum Gasteiger partial charge on any atom is -0.388 e. The van der Waals surface area contributed by atoms with Gasteiger partial charge in [0.05, 0.1) is 11.1 Å². The van der Waals surface area contributed by atoms with Crippen molar-refractivity contribution in [2.75, 3.05) is 13.1 Å². The highest BCUT2D eigenvalue weighted by Gasteiger charge is 2.29. The Kier molecular flexibility index (Phi) is 4.95. The van der Waals surface area contributed by atoms with Gasteiger partial charge in [0.1, 0.15) is 10.8 Å². The van der Waals surface area contributed by atoms with Gasteiger partial charge < -0.3 is 15.0 Å². The van der Waals surface area contributed by atoms with Gasteiger partial charge in [0.25, 0.3) is 5.91 Å². The first-order valence-corrected chi connectivity index (χ1v) is 8.38. The molecule has 1 aromatic heterocycles. The van der Waals surface area contributed by atoms with Crippen molar-refractivity contribution in [1.29, 1.82) is 0 Å². The molecular formula is C17H18Cl2N2O2. The standard InChI is InChI=1S/C17H18Cl2N2O2/c18-13-10-14(20-16(13)19)17(23)21-8-6-12(7-9-21)15(22)11-4-2-1-3-5-11/h1-5,10,12,15,20,22H,6-9H2. The van der Waals surface area contributed by atoms with Crippen molar-refractivity contribution in [2.24, 2.45) is 5.92 Å². The number of benzene rings is 1. The van der Waals surface area contributed by atoms with E-state index in [1.807, 2.05) is 30.3 Å². The maximum absolute atomic E-state index is 12.4. The van der Waals surface area contributed by atoms with Crippen LogP contribution in [0.2, 0.25) is 10.2 Å². The Morgan fingerprint density at radius 3 is 2.43 bits per heavy atom. The zero-order valence-electron chi connectivity index (χ0n) is 12.5. The van der Waals surface area contributed by atoms with Gasteiger partial charge in [-0.1, -0.05) is 53.5 Å². The molecule has 2 N–H and O–H groups in total. The number of piperidine rings is 1. The summed E-state index contributed by atoms with van der Waals surface area (Å²) in [7, 11) is 0. The van der Waals surface area contributed by atoms with Crippen molar-refractivity contribution in [3.8, 4) is 0 Å². The third-order valence-electron chi connectivity index (χ3n) is 4.37. The number of H-pyrrole nitrogens is 1. The Hall–Kier alpha value is -1.49. The fourth-order valence-electron chi connectivity index (χ4n) is 3.03. The number of halogens is 2. The molecule has 0 saturated carbocycles. The molecule has 4 nitrogen and oxygen atoms in total. The summed E-state index contributed by atoms with van der Waals surface area (Å²) in [4.78, 5) is 17.0. The molecule has 2 heterocycles. The van der Waals surface area contributed by atoms with E-state index in [9.17, 15) is 9.90 Å². The van der Waals surface area contributed by atoms with Crippen LogP contribution in [-0.4, -0.2) is 34.0 Å².